The van der Waals surface area contributed by atoms with E-state index >= 15 is 0 Å². The molecule has 0 unspecified atom stereocenters. The average molecular weight is 174 g/mol. The molecule has 0 aromatic heterocycles. The van der Waals surface area contributed by atoms with Gasteiger partial charge in [-0.05, 0) is 18.1 Å². The predicted molar refractivity (Wildman–Crippen MR) is 55.5 cm³/mol. The van der Waals surface area contributed by atoms with E-state index in [4.69, 9.17) is 0 Å². The standard InChI is InChI=1S/C11H14N2/c1-2-7-12-11-8-9-5-3-4-6-10(9)13-11/h3-6H,2,7-8H2,1H3,(H,12,13). The second-order valence-electron chi connectivity index (χ2n) is 3.29. The minimum atomic E-state index is 0.968. The summed E-state index contributed by atoms with van der Waals surface area (Å²) in [6.07, 6.45) is 2.12. The molecule has 0 aliphatic carbocycles. The van der Waals surface area contributed by atoms with Crippen molar-refractivity contribution >= 4 is 11.5 Å². The highest BCUT2D eigenvalue weighted by molar-refractivity contribution is 5.92. The summed E-state index contributed by atoms with van der Waals surface area (Å²) in [5.41, 5.74) is 2.46. The number of aliphatic imine (C=N–C) groups is 1. The van der Waals surface area contributed by atoms with Crippen LogP contribution in [0.15, 0.2) is 29.3 Å². The first-order valence-electron chi connectivity index (χ1n) is 4.79. The normalized spacial score (nSPS) is 13.8. The number of hydrogen-bond donors (Lipinski definition) is 1. The summed E-state index contributed by atoms with van der Waals surface area (Å²) >= 11 is 0. The molecule has 0 saturated heterocycles. The van der Waals surface area contributed by atoms with Gasteiger partial charge in [0.25, 0.3) is 0 Å². The molecule has 0 spiro atoms. The van der Waals surface area contributed by atoms with Crippen LogP contribution in [0.2, 0.25) is 0 Å². The smallest absolute Gasteiger partial charge is 0.107 e. The van der Waals surface area contributed by atoms with Gasteiger partial charge in [-0.1, -0.05) is 25.1 Å². The number of nitrogens with zero attached hydrogens (tertiary/aromatic N) is 1. The third kappa shape index (κ3) is 1.72. The first kappa shape index (κ1) is 8.30. The van der Waals surface area contributed by atoms with E-state index in [1.165, 1.54) is 5.56 Å². The van der Waals surface area contributed by atoms with Gasteiger partial charge in [-0.2, -0.15) is 0 Å². The number of fused-ring (bicyclic) bond motifs is 1. The SMILES string of the molecule is CCCNC1=Nc2ccccc2C1. The van der Waals surface area contributed by atoms with Crippen LogP contribution in [0.1, 0.15) is 18.9 Å². The minimum Gasteiger partial charge on any atom is -0.373 e. The number of rotatable bonds is 2. The Hall–Kier alpha value is -1.31. The Labute approximate surface area is 78.7 Å². The van der Waals surface area contributed by atoms with Crippen LogP contribution in [-0.2, 0) is 6.42 Å². The van der Waals surface area contributed by atoms with Crippen LogP contribution in [0.25, 0.3) is 0 Å². The van der Waals surface area contributed by atoms with E-state index in [0.29, 0.717) is 0 Å². The minimum absolute atomic E-state index is 0.968. The summed E-state index contributed by atoms with van der Waals surface area (Å²) in [4.78, 5) is 4.49. The molecule has 0 radical (unpaired) electrons. The van der Waals surface area contributed by atoms with Crippen LogP contribution in [0.3, 0.4) is 0 Å². The van der Waals surface area contributed by atoms with Crippen molar-refractivity contribution in [1.29, 1.82) is 0 Å². The van der Waals surface area contributed by atoms with Crippen molar-refractivity contribution in [3.63, 3.8) is 0 Å². The van der Waals surface area contributed by atoms with Gasteiger partial charge in [0.15, 0.2) is 0 Å². The van der Waals surface area contributed by atoms with Crippen LogP contribution in [0.4, 0.5) is 5.69 Å². The molecule has 0 fully saturated rings. The number of benzene rings is 1. The first-order valence-corrected chi connectivity index (χ1v) is 4.79. The number of hydrogen-bond acceptors (Lipinski definition) is 2. The molecule has 2 heteroatoms. The van der Waals surface area contributed by atoms with E-state index in [1.54, 1.807) is 0 Å². The second kappa shape index (κ2) is 3.60. The molecule has 1 aromatic rings. The van der Waals surface area contributed by atoms with Gasteiger partial charge in [-0.3, -0.25) is 0 Å². The van der Waals surface area contributed by atoms with Crippen LogP contribution >= 0.6 is 0 Å². The van der Waals surface area contributed by atoms with Gasteiger partial charge in [-0.25, -0.2) is 4.99 Å². The highest BCUT2D eigenvalue weighted by Crippen LogP contribution is 2.24. The van der Waals surface area contributed by atoms with Gasteiger partial charge in [0.05, 0.1) is 5.69 Å². The number of para-hydroxylation sites is 1. The maximum atomic E-state index is 4.49. The number of nitrogens with one attached hydrogen (secondary N) is 1. The highest BCUT2D eigenvalue weighted by Gasteiger charge is 2.11. The molecule has 1 aliphatic rings. The zero-order valence-corrected chi connectivity index (χ0v) is 7.88. The Morgan fingerprint density at radius 2 is 2.23 bits per heavy atom. The molecular formula is C11H14N2. The van der Waals surface area contributed by atoms with Gasteiger partial charge in [0, 0.05) is 13.0 Å². The molecule has 1 aromatic carbocycles. The maximum Gasteiger partial charge on any atom is 0.107 e. The van der Waals surface area contributed by atoms with Crippen LogP contribution in [0, 0.1) is 0 Å². The van der Waals surface area contributed by atoms with Gasteiger partial charge < -0.3 is 5.32 Å². The molecule has 2 nitrogen and oxygen atoms in total. The second-order valence-corrected chi connectivity index (χ2v) is 3.29. The average Bonchev–Trinajstić information content (AvgIpc) is 2.57. The third-order valence-corrected chi connectivity index (χ3v) is 2.18. The lowest BCUT2D eigenvalue weighted by molar-refractivity contribution is 0.833. The molecule has 1 aliphatic heterocycles. The molecule has 0 amide bonds. The quantitative estimate of drug-likeness (QED) is 0.730. The van der Waals surface area contributed by atoms with Crippen molar-refractivity contribution in [2.24, 2.45) is 4.99 Å². The van der Waals surface area contributed by atoms with E-state index in [-0.39, 0.29) is 0 Å². The molecule has 2 rings (SSSR count). The first-order chi connectivity index (χ1) is 6.40. The van der Waals surface area contributed by atoms with E-state index < -0.39 is 0 Å². The molecule has 1 heterocycles. The lowest BCUT2D eigenvalue weighted by atomic mass is 10.1. The Morgan fingerprint density at radius 3 is 3.00 bits per heavy atom. The lowest BCUT2D eigenvalue weighted by Gasteiger charge is -2.01. The monoisotopic (exact) mass is 174 g/mol. The van der Waals surface area contributed by atoms with Gasteiger partial charge in [0.1, 0.15) is 5.84 Å². The van der Waals surface area contributed by atoms with Crippen LogP contribution in [0.5, 0.6) is 0 Å². The van der Waals surface area contributed by atoms with Crippen molar-refractivity contribution in [2.75, 3.05) is 6.54 Å². The molecule has 0 saturated carbocycles. The Balaban J connectivity index is 2.08. The lowest BCUT2D eigenvalue weighted by Crippen LogP contribution is -2.23. The molecule has 13 heavy (non-hydrogen) atoms. The summed E-state index contributed by atoms with van der Waals surface area (Å²) in [6.45, 7) is 3.18. The molecule has 68 valence electrons. The van der Waals surface area contributed by atoms with E-state index in [1.807, 2.05) is 6.07 Å². The van der Waals surface area contributed by atoms with Crippen molar-refractivity contribution in [3.8, 4) is 0 Å². The van der Waals surface area contributed by atoms with Crippen molar-refractivity contribution in [1.82, 2.24) is 5.32 Å². The zero-order chi connectivity index (χ0) is 9.10. The van der Waals surface area contributed by atoms with Crippen molar-refractivity contribution < 1.29 is 0 Å². The fraction of sp³-hybridized carbons (Fsp3) is 0.364. The molecule has 0 atom stereocenters. The Kier molecular flexibility index (Phi) is 2.30. The largest absolute Gasteiger partial charge is 0.373 e. The fourth-order valence-corrected chi connectivity index (χ4v) is 1.51. The van der Waals surface area contributed by atoms with Crippen molar-refractivity contribution in [2.45, 2.75) is 19.8 Å². The maximum absolute atomic E-state index is 4.49. The van der Waals surface area contributed by atoms with E-state index in [9.17, 15) is 0 Å². The summed E-state index contributed by atoms with van der Waals surface area (Å²) in [5.74, 6) is 1.11. The van der Waals surface area contributed by atoms with Crippen molar-refractivity contribution in [3.05, 3.63) is 29.8 Å². The van der Waals surface area contributed by atoms with Crippen LogP contribution < -0.4 is 5.32 Å². The summed E-state index contributed by atoms with van der Waals surface area (Å²) < 4.78 is 0. The fourth-order valence-electron chi connectivity index (χ4n) is 1.51. The predicted octanol–water partition coefficient (Wildman–Crippen LogP) is 2.27. The van der Waals surface area contributed by atoms with Gasteiger partial charge in [-0.15, -0.1) is 0 Å². The Morgan fingerprint density at radius 1 is 1.38 bits per heavy atom. The summed E-state index contributed by atoms with van der Waals surface area (Å²) in [7, 11) is 0. The number of amidine groups is 1. The van der Waals surface area contributed by atoms with E-state index in [2.05, 4.69) is 35.4 Å². The van der Waals surface area contributed by atoms with Gasteiger partial charge >= 0.3 is 0 Å². The topological polar surface area (TPSA) is 24.4 Å². The van der Waals surface area contributed by atoms with E-state index in [0.717, 1.165) is 30.9 Å². The zero-order valence-electron chi connectivity index (χ0n) is 7.88. The third-order valence-electron chi connectivity index (χ3n) is 2.18. The summed E-state index contributed by atoms with van der Waals surface area (Å²) in [6, 6.07) is 8.30. The highest BCUT2D eigenvalue weighted by atomic mass is 15.0. The molecule has 1 N–H and O–H groups in total. The molecule has 0 bridgehead atoms. The molecular weight excluding hydrogens is 160 g/mol. The Bertz CT molecular complexity index is 329. The van der Waals surface area contributed by atoms with Crippen LogP contribution in [-0.4, -0.2) is 12.4 Å². The van der Waals surface area contributed by atoms with Gasteiger partial charge in [0.2, 0.25) is 0 Å². The summed E-state index contributed by atoms with van der Waals surface area (Å²) in [5, 5.41) is 3.33.